The average molecular weight is 268 g/mol. The normalized spacial score (nSPS) is 23.6. The fourth-order valence-corrected chi connectivity index (χ4v) is 2.78. The van der Waals surface area contributed by atoms with Crippen molar-refractivity contribution in [3.05, 3.63) is 65.3 Å². The van der Waals surface area contributed by atoms with E-state index in [1.165, 1.54) is 16.7 Å². The van der Waals surface area contributed by atoms with E-state index in [9.17, 15) is 0 Å². The minimum atomic E-state index is 0.203. The molecule has 1 unspecified atom stereocenters. The molecule has 1 aliphatic heterocycles. The van der Waals surface area contributed by atoms with Crippen LogP contribution in [-0.2, 0) is 11.2 Å². The first-order chi connectivity index (χ1) is 9.86. The van der Waals surface area contributed by atoms with Gasteiger partial charge in [0, 0.05) is 13.5 Å². The van der Waals surface area contributed by atoms with E-state index in [1.807, 2.05) is 6.07 Å². The van der Waals surface area contributed by atoms with Crippen LogP contribution in [0.3, 0.4) is 0 Å². The number of aryl methyl sites for hydroxylation is 1. The van der Waals surface area contributed by atoms with Crippen LogP contribution in [0.15, 0.2) is 59.7 Å². The van der Waals surface area contributed by atoms with Crippen LogP contribution in [0.25, 0.3) is 0 Å². The molecule has 20 heavy (non-hydrogen) atoms. The van der Waals surface area contributed by atoms with E-state index in [2.05, 4.69) is 42.5 Å². The fraction of sp³-hybridized carbons (Fsp3) is 0.333. The number of fused-ring (bicyclic) bond motifs is 1. The summed E-state index contributed by atoms with van der Waals surface area (Å²) in [6, 6.07) is 8.32. The minimum Gasteiger partial charge on any atom is -0.489 e. The molecule has 0 saturated heterocycles. The topological polar surface area (TPSA) is 18.5 Å². The van der Waals surface area contributed by atoms with Crippen LogP contribution in [0.5, 0.6) is 5.75 Å². The van der Waals surface area contributed by atoms with Crippen molar-refractivity contribution >= 4 is 0 Å². The third-order valence-electron chi connectivity index (χ3n) is 3.94. The first kappa shape index (κ1) is 13.2. The Labute approximate surface area is 120 Å². The van der Waals surface area contributed by atoms with Gasteiger partial charge in [-0.05, 0) is 41.7 Å². The Balaban J connectivity index is 1.86. The maximum absolute atomic E-state index is 5.84. The standard InChI is InChI=1S/C18H20O2/c1-19-17-11-10-14-8-9-15-5-2-3-7-18(15)20-12-4-6-16(14)13-17/h2-7,10-11,17H,8-9,12-13H2,1H3/b6-4-. The van der Waals surface area contributed by atoms with Crippen molar-refractivity contribution in [2.24, 2.45) is 0 Å². The zero-order valence-electron chi connectivity index (χ0n) is 11.8. The number of benzene rings is 1. The highest BCUT2D eigenvalue weighted by atomic mass is 16.5. The summed E-state index contributed by atoms with van der Waals surface area (Å²) in [6.45, 7) is 0.620. The smallest absolute Gasteiger partial charge is 0.122 e. The largest absolute Gasteiger partial charge is 0.489 e. The van der Waals surface area contributed by atoms with Crippen LogP contribution in [-0.4, -0.2) is 19.8 Å². The zero-order valence-corrected chi connectivity index (χ0v) is 11.8. The number of rotatable bonds is 1. The van der Waals surface area contributed by atoms with E-state index < -0.39 is 0 Å². The van der Waals surface area contributed by atoms with Crippen LogP contribution >= 0.6 is 0 Å². The van der Waals surface area contributed by atoms with E-state index in [-0.39, 0.29) is 6.10 Å². The van der Waals surface area contributed by atoms with Gasteiger partial charge in [0.15, 0.2) is 0 Å². The van der Waals surface area contributed by atoms with E-state index in [1.54, 1.807) is 7.11 Å². The van der Waals surface area contributed by atoms with Gasteiger partial charge in [-0.2, -0.15) is 0 Å². The number of ether oxygens (including phenoxy) is 2. The van der Waals surface area contributed by atoms with Crippen LogP contribution in [0.1, 0.15) is 18.4 Å². The summed E-state index contributed by atoms with van der Waals surface area (Å²) < 4.78 is 11.3. The molecule has 2 aliphatic rings. The molecule has 0 spiro atoms. The molecule has 1 aliphatic carbocycles. The van der Waals surface area contributed by atoms with Crippen LogP contribution in [0, 0.1) is 0 Å². The second-order valence-electron chi connectivity index (χ2n) is 5.21. The van der Waals surface area contributed by atoms with E-state index in [0.29, 0.717) is 6.61 Å². The van der Waals surface area contributed by atoms with Gasteiger partial charge >= 0.3 is 0 Å². The van der Waals surface area contributed by atoms with Crippen molar-refractivity contribution in [3.63, 3.8) is 0 Å². The molecule has 3 rings (SSSR count). The van der Waals surface area contributed by atoms with Gasteiger partial charge in [-0.25, -0.2) is 0 Å². The summed E-state index contributed by atoms with van der Waals surface area (Å²) in [5, 5.41) is 0. The predicted octanol–water partition coefficient (Wildman–Crippen LogP) is 3.84. The van der Waals surface area contributed by atoms with Gasteiger partial charge in [-0.3, -0.25) is 0 Å². The average Bonchev–Trinajstić information content (AvgIpc) is 2.51. The summed E-state index contributed by atoms with van der Waals surface area (Å²) in [4.78, 5) is 0. The van der Waals surface area contributed by atoms with Gasteiger partial charge < -0.3 is 9.47 Å². The molecular formula is C18H20O2. The Bertz CT molecular complexity index is 567. The lowest BCUT2D eigenvalue weighted by molar-refractivity contribution is 0.140. The molecule has 1 atom stereocenters. The maximum Gasteiger partial charge on any atom is 0.122 e. The zero-order chi connectivity index (χ0) is 13.8. The molecule has 2 nitrogen and oxygen atoms in total. The highest BCUT2D eigenvalue weighted by Gasteiger charge is 2.15. The van der Waals surface area contributed by atoms with E-state index >= 15 is 0 Å². The molecule has 2 heteroatoms. The SMILES string of the molecule is COC1C=CC2=C(/C=C\COc3ccccc3CC2)C1. The van der Waals surface area contributed by atoms with Crippen molar-refractivity contribution in [2.75, 3.05) is 13.7 Å². The molecule has 0 radical (unpaired) electrons. The predicted molar refractivity (Wildman–Crippen MR) is 81.0 cm³/mol. The second-order valence-corrected chi connectivity index (χ2v) is 5.21. The van der Waals surface area contributed by atoms with Gasteiger partial charge in [0.25, 0.3) is 0 Å². The summed E-state index contributed by atoms with van der Waals surface area (Å²) >= 11 is 0. The Hall–Kier alpha value is -1.80. The van der Waals surface area contributed by atoms with Crippen LogP contribution in [0.2, 0.25) is 0 Å². The first-order valence-electron chi connectivity index (χ1n) is 7.17. The molecule has 1 aromatic carbocycles. The molecule has 1 aromatic rings. The summed E-state index contributed by atoms with van der Waals surface area (Å²) in [5.74, 6) is 1.01. The lowest BCUT2D eigenvalue weighted by atomic mass is 9.91. The molecule has 104 valence electrons. The number of para-hydroxylation sites is 1. The Morgan fingerprint density at radius 2 is 2.00 bits per heavy atom. The molecular weight excluding hydrogens is 248 g/mol. The molecule has 0 amide bonds. The fourth-order valence-electron chi connectivity index (χ4n) is 2.78. The lowest BCUT2D eigenvalue weighted by Gasteiger charge is -2.21. The molecule has 0 bridgehead atoms. The van der Waals surface area contributed by atoms with Crippen molar-refractivity contribution in [1.29, 1.82) is 0 Å². The molecule has 0 fully saturated rings. The maximum atomic E-state index is 5.84. The van der Waals surface area contributed by atoms with Gasteiger partial charge in [-0.1, -0.05) is 36.4 Å². The van der Waals surface area contributed by atoms with Crippen molar-refractivity contribution in [3.8, 4) is 5.75 Å². The van der Waals surface area contributed by atoms with Gasteiger partial charge in [0.05, 0.1) is 6.10 Å². The first-order valence-corrected chi connectivity index (χ1v) is 7.17. The highest BCUT2D eigenvalue weighted by Crippen LogP contribution is 2.28. The molecule has 0 aromatic heterocycles. The van der Waals surface area contributed by atoms with Crippen molar-refractivity contribution < 1.29 is 9.47 Å². The third kappa shape index (κ3) is 2.86. The second kappa shape index (κ2) is 6.10. The molecule has 0 N–H and O–H groups in total. The van der Waals surface area contributed by atoms with E-state index in [4.69, 9.17) is 9.47 Å². The number of methoxy groups -OCH3 is 1. The molecule has 1 heterocycles. The molecule has 0 saturated carbocycles. The highest BCUT2D eigenvalue weighted by molar-refractivity contribution is 5.41. The Morgan fingerprint density at radius 1 is 1.10 bits per heavy atom. The number of hydrogen-bond acceptors (Lipinski definition) is 2. The van der Waals surface area contributed by atoms with Gasteiger partial charge in [0.1, 0.15) is 12.4 Å². The van der Waals surface area contributed by atoms with Gasteiger partial charge in [0.2, 0.25) is 0 Å². The summed E-state index contributed by atoms with van der Waals surface area (Å²) in [6.07, 6.45) is 11.9. The van der Waals surface area contributed by atoms with Crippen LogP contribution < -0.4 is 4.74 Å². The van der Waals surface area contributed by atoms with Crippen LogP contribution in [0.4, 0.5) is 0 Å². The lowest BCUT2D eigenvalue weighted by Crippen LogP contribution is -2.13. The third-order valence-corrected chi connectivity index (χ3v) is 3.94. The quantitative estimate of drug-likeness (QED) is 0.770. The van der Waals surface area contributed by atoms with Gasteiger partial charge in [-0.15, -0.1) is 0 Å². The van der Waals surface area contributed by atoms with E-state index in [0.717, 1.165) is 25.0 Å². The minimum absolute atomic E-state index is 0.203. The number of hydrogen-bond donors (Lipinski definition) is 0. The van der Waals surface area contributed by atoms with Crippen molar-refractivity contribution in [2.45, 2.75) is 25.4 Å². The summed E-state index contributed by atoms with van der Waals surface area (Å²) in [5.41, 5.74) is 4.09. The van der Waals surface area contributed by atoms with Crippen molar-refractivity contribution in [1.82, 2.24) is 0 Å². The Morgan fingerprint density at radius 3 is 2.90 bits per heavy atom. The Kier molecular flexibility index (Phi) is 4.03. The number of allylic oxidation sites excluding steroid dienone is 3. The summed E-state index contributed by atoms with van der Waals surface area (Å²) in [7, 11) is 1.77. The monoisotopic (exact) mass is 268 g/mol.